The van der Waals surface area contributed by atoms with Crippen molar-refractivity contribution in [3.63, 3.8) is 0 Å². The first-order valence-electron chi connectivity index (χ1n) is 3.52. The number of ether oxygens (including phenoxy) is 1. The summed E-state index contributed by atoms with van der Waals surface area (Å²) in [4.78, 5) is 0. The maximum Gasteiger partial charge on any atom is 0.111 e. The highest BCUT2D eigenvalue weighted by Gasteiger charge is 2.36. The Morgan fingerprint density at radius 2 is 1.91 bits per heavy atom. The molecule has 5 nitrogen and oxygen atoms in total. The summed E-state index contributed by atoms with van der Waals surface area (Å²) in [5, 5.41) is 27.3. The van der Waals surface area contributed by atoms with Crippen molar-refractivity contribution in [3.8, 4) is 0 Å². The molecular formula is C6H13NO4. The van der Waals surface area contributed by atoms with E-state index in [4.69, 9.17) is 20.7 Å². The second kappa shape index (κ2) is 3.46. The van der Waals surface area contributed by atoms with Crippen molar-refractivity contribution in [2.45, 2.75) is 24.4 Å². The van der Waals surface area contributed by atoms with E-state index in [1.54, 1.807) is 0 Å². The molecule has 1 aliphatic heterocycles. The van der Waals surface area contributed by atoms with E-state index >= 15 is 0 Å². The van der Waals surface area contributed by atoms with Crippen LogP contribution in [0.3, 0.4) is 0 Å². The molecule has 0 aromatic rings. The molecule has 0 spiro atoms. The largest absolute Gasteiger partial charge is 0.388 e. The standard InChI is InChI=1S/C6H13NO4/c7-1-4-6(10)5(9)3(8)2-11-4/h3-6,8-10H,1-2,7H2/t3?,4?,5?,6-/m0/s1. The summed E-state index contributed by atoms with van der Waals surface area (Å²) in [5.74, 6) is 0. The molecule has 1 aliphatic rings. The highest BCUT2D eigenvalue weighted by atomic mass is 16.5. The molecule has 1 rings (SSSR count). The van der Waals surface area contributed by atoms with E-state index < -0.39 is 24.4 Å². The zero-order valence-corrected chi connectivity index (χ0v) is 6.05. The third kappa shape index (κ3) is 1.69. The van der Waals surface area contributed by atoms with Crippen LogP contribution in [0.4, 0.5) is 0 Å². The fourth-order valence-electron chi connectivity index (χ4n) is 1.07. The van der Waals surface area contributed by atoms with Gasteiger partial charge in [-0.3, -0.25) is 0 Å². The molecule has 0 amide bonds. The Bertz CT molecular complexity index is 130. The van der Waals surface area contributed by atoms with Crippen molar-refractivity contribution in [3.05, 3.63) is 0 Å². The topological polar surface area (TPSA) is 95.9 Å². The summed E-state index contributed by atoms with van der Waals surface area (Å²) in [7, 11) is 0. The van der Waals surface area contributed by atoms with Crippen molar-refractivity contribution in [2.75, 3.05) is 13.2 Å². The molecule has 0 saturated carbocycles. The lowest BCUT2D eigenvalue weighted by atomic mass is 10.0. The molecule has 0 aromatic carbocycles. The minimum atomic E-state index is -1.14. The van der Waals surface area contributed by atoms with Crippen LogP contribution in [-0.4, -0.2) is 52.9 Å². The highest BCUT2D eigenvalue weighted by Crippen LogP contribution is 2.14. The molecule has 0 radical (unpaired) electrons. The summed E-state index contributed by atoms with van der Waals surface area (Å²) in [5.41, 5.74) is 5.22. The van der Waals surface area contributed by atoms with Crippen LogP contribution >= 0.6 is 0 Å². The Morgan fingerprint density at radius 3 is 2.45 bits per heavy atom. The molecule has 1 saturated heterocycles. The van der Waals surface area contributed by atoms with Crippen LogP contribution in [0.25, 0.3) is 0 Å². The van der Waals surface area contributed by atoms with Crippen LogP contribution in [-0.2, 0) is 4.74 Å². The quantitative estimate of drug-likeness (QED) is 0.340. The van der Waals surface area contributed by atoms with E-state index in [1.165, 1.54) is 0 Å². The summed E-state index contributed by atoms with van der Waals surface area (Å²) in [6.07, 6.45) is -3.79. The lowest BCUT2D eigenvalue weighted by Gasteiger charge is -2.34. The van der Waals surface area contributed by atoms with Crippen LogP contribution in [0, 0.1) is 0 Å². The van der Waals surface area contributed by atoms with Gasteiger partial charge in [0.05, 0.1) is 12.7 Å². The number of aliphatic hydroxyl groups is 3. The molecule has 0 bridgehead atoms. The average molecular weight is 163 g/mol. The summed E-state index contributed by atoms with van der Waals surface area (Å²) >= 11 is 0. The van der Waals surface area contributed by atoms with E-state index in [0.29, 0.717) is 0 Å². The van der Waals surface area contributed by atoms with Gasteiger partial charge in [-0.1, -0.05) is 0 Å². The van der Waals surface area contributed by atoms with E-state index in [2.05, 4.69) is 0 Å². The van der Waals surface area contributed by atoms with Crippen molar-refractivity contribution < 1.29 is 20.1 Å². The molecule has 3 unspecified atom stereocenters. The highest BCUT2D eigenvalue weighted by molar-refractivity contribution is 4.86. The molecule has 1 heterocycles. The van der Waals surface area contributed by atoms with Gasteiger partial charge < -0.3 is 25.8 Å². The molecule has 66 valence electrons. The Morgan fingerprint density at radius 1 is 1.27 bits per heavy atom. The zero-order valence-electron chi connectivity index (χ0n) is 6.05. The van der Waals surface area contributed by atoms with E-state index in [1.807, 2.05) is 0 Å². The first-order chi connectivity index (χ1) is 5.16. The molecular weight excluding hydrogens is 150 g/mol. The lowest BCUT2D eigenvalue weighted by molar-refractivity contribution is -0.183. The van der Waals surface area contributed by atoms with Crippen LogP contribution in [0.5, 0.6) is 0 Å². The second-order valence-electron chi connectivity index (χ2n) is 2.66. The first-order valence-corrected chi connectivity index (χ1v) is 3.52. The predicted octanol–water partition coefficient (Wildman–Crippen LogP) is -2.57. The van der Waals surface area contributed by atoms with Crippen LogP contribution < -0.4 is 5.73 Å². The SMILES string of the molecule is NCC1OCC(O)C(O)[C@H]1O. The monoisotopic (exact) mass is 163 g/mol. The van der Waals surface area contributed by atoms with Gasteiger partial charge in [0.15, 0.2) is 0 Å². The molecule has 0 aromatic heterocycles. The van der Waals surface area contributed by atoms with Gasteiger partial charge >= 0.3 is 0 Å². The Hall–Kier alpha value is -0.200. The van der Waals surface area contributed by atoms with Gasteiger partial charge in [-0.15, -0.1) is 0 Å². The average Bonchev–Trinajstić information content (AvgIpc) is 2.01. The fourth-order valence-corrected chi connectivity index (χ4v) is 1.07. The zero-order chi connectivity index (χ0) is 8.43. The van der Waals surface area contributed by atoms with Gasteiger partial charge in [0, 0.05) is 6.54 Å². The van der Waals surface area contributed by atoms with Gasteiger partial charge in [0.2, 0.25) is 0 Å². The smallest absolute Gasteiger partial charge is 0.111 e. The third-order valence-corrected chi connectivity index (χ3v) is 1.84. The molecule has 11 heavy (non-hydrogen) atoms. The van der Waals surface area contributed by atoms with Gasteiger partial charge in [0.25, 0.3) is 0 Å². The summed E-state index contributed by atoms with van der Waals surface area (Å²) in [6.45, 7) is 0.172. The van der Waals surface area contributed by atoms with Gasteiger partial charge in [-0.2, -0.15) is 0 Å². The Balaban J connectivity index is 2.52. The van der Waals surface area contributed by atoms with E-state index in [-0.39, 0.29) is 13.2 Å². The summed E-state index contributed by atoms with van der Waals surface area (Å²) < 4.78 is 4.94. The number of rotatable bonds is 1. The van der Waals surface area contributed by atoms with Crippen LogP contribution in [0.15, 0.2) is 0 Å². The number of aliphatic hydroxyl groups excluding tert-OH is 3. The normalized spacial score (nSPS) is 45.8. The maximum atomic E-state index is 9.19. The van der Waals surface area contributed by atoms with Crippen molar-refractivity contribution >= 4 is 0 Å². The second-order valence-corrected chi connectivity index (χ2v) is 2.66. The molecule has 5 heteroatoms. The first kappa shape index (κ1) is 8.89. The fraction of sp³-hybridized carbons (Fsp3) is 1.00. The lowest BCUT2D eigenvalue weighted by Crippen LogP contribution is -2.55. The minimum Gasteiger partial charge on any atom is -0.388 e. The number of hydrogen-bond donors (Lipinski definition) is 4. The van der Waals surface area contributed by atoms with E-state index in [9.17, 15) is 5.11 Å². The number of hydrogen-bond acceptors (Lipinski definition) is 5. The van der Waals surface area contributed by atoms with Crippen LogP contribution in [0.1, 0.15) is 0 Å². The predicted molar refractivity (Wildman–Crippen MR) is 36.8 cm³/mol. The molecule has 5 N–H and O–H groups in total. The van der Waals surface area contributed by atoms with Gasteiger partial charge in [-0.25, -0.2) is 0 Å². The minimum absolute atomic E-state index is 0.0279. The van der Waals surface area contributed by atoms with Gasteiger partial charge in [0.1, 0.15) is 18.3 Å². The summed E-state index contributed by atoms with van der Waals surface area (Å²) in [6, 6.07) is 0. The Labute approximate surface area is 64.4 Å². The van der Waals surface area contributed by atoms with E-state index in [0.717, 1.165) is 0 Å². The van der Waals surface area contributed by atoms with Crippen molar-refractivity contribution in [2.24, 2.45) is 5.73 Å². The molecule has 0 aliphatic carbocycles. The Kier molecular flexibility index (Phi) is 2.80. The third-order valence-electron chi connectivity index (χ3n) is 1.84. The van der Waals surface area contributed by atoms with Gasteiger partial charge in [-0.05, 0) is 0 Å². The maximum absolute atomic E-state index is 9.19. The van der Waals surface area contributed by atoms with Crippen LogP contribution in [0.2, 0.25) is 0 Å². The van der Waals surface area contributed by atoms with Crippen molar-refractivity contribution in [1.82, 2.24) is 0 Å². The van der Waals surface area contributed by atoms with Crippen molar-refractivity contribution in [1.29, 1.82) is 0 Å². The molecule has 1 fully saturated rings. The number of nitrogens with two attached hydrogens (primary N) is 1. The molecule has 4 atom stereocenters.